The van der Waals surface area contributed by atoms with Gasteiger partial charge < -0.3 is 20.9 Å². The maximum absolute atomic E-state index is 10.8. The lowest BCUT2D eigenvalue weighted by Gasteiger charge is -2.27. The molecule has 0 amide bonds. The quantitative estimate of drug-likeness (QED) is 0.429. The maximum Gasteiger partial charge on any atom is 0.269 e. The van der Waals surface area contributed by atoms with Crippen LogP contribution in [-0.4, -0.2) is 46.1 Å². The largest absolute Gasteiger partial charge is 0.338 e. The molecule has 1 saturated heterocycles. The lowest BCUT2D eigenvalue weighted by Crippen LogP contribution is -2.44. The van der Waals surface area contributed by atoms with Crippen molar-refractivity contribution in [3.8, 4) is 0 Å². The third-order valence-corrected chi connectivity index (χ3v) is 4.39. The molecule has 29 heavy (non-hydrogen) atoms. The van der Waals surface area contributed by atoms with Gasteiger partial charge in [-0.25, -0.2) is 0 Å². The molecule has 2 aromatic carbocycles. The van der Waals surface area contributed by atoms with Gasteiger partial charge in [0.1, 0.15) is 0 Å². The highest BCUT2D eigenvalue weighted by molar-refractivity contribution is 5.60. The van der Waals surface area contributed by atoms with Crippen LogP contribution in [0.2, 0.25) is 0 Å². The van der Waals surface area contributed by atoms with E-state index >= 15 is 0 Å². The molecular weight excluding hydrogens is 372 g/mol. The molecule has 0 saturated carbocycles. The maximum atomic E-state index is 10.8. The molecule has 1 fully saturated rings. The smallest absolute Gasteiger partial charge is 0.269 e. The van der Waals surface area contributed by atoms with Crippen LogP contribution in [0.15, 0.2) is 54.6 Å². The number of anilines is 5. The first-order chi connectivity index (χ1) is 14.2. The van der Waals surface area contributed by atoms with Crippen LogP contribution in [0.5, 0.6) is 0 Å². The Morgan fingerprint density at radius 2 is 1.45 bits per heavy atom. The summed E-state index contributed by atoms with van der Waals surface area (Å²) >= 11 is 0. The average molecular weight is 392 g/mol. The molecule has 10 nitrogen and oxygen atoms in total. The Kier molecular flexibility index (Phi) is 5.43. The minimum Gasteiger partial charge on any atom is -0.338 e. The number of benzene rings is 2. The summed E-state index contributed by atoms with van der Waals surface area (Å²) < 4.78 is 0. The van der Waals surface area contributed by atoms with Crippen LogP contribution in [0.3, 0.4) is 0 Å². The van der Waals surface area contributed by atoms with Gasteiger partial charge in [-0.15, -0.1) is 0 Å². The molecule has 1 aliphatic rings. The first-order valence-electron chi connectivity index (χ1n) is 9.23. The Labute approximate surface area is 167 Å². The third-order valence-electron chi connectivity index (χ3n) is 4.39. The average Bonchev–Trinajstić information content (AvgIpc) is 2.75. The summed E-state index contributed by atoms with van der Waals surface area (Å²) in [6, 6.07) is 15.8. The molecular formula is C19H20N8O2. The van der Waals surface area contributed by atoms with Crippen molar-refractivity contribution >= 4 is 34.9 Å². The van der Waals surface area contributed by atoms with E-state index in [1.807, 2.05) is 30.3 Å². The summed E-state index contributed by atoms with van der Waals surface area (Å²) in [6.45, 7) is 3.31. The van der Waals surface area contributed by atoms with Gasteiger partial charge >= 0.3 is 0 Å². The van der Waals surface area contributed by atoms with E-state index in [0.717, 1.165) is 31.9 Å². The van der Waals surface area contributed by atoms with Crippen molar-refractivity contribution < 1.29 is 4.92 Å². The van der Waals surface area contributed by atoms with Crippen LogP contribution in [0.25, 0.3) is 0 Å². The first-order valence-corrected chi connectivity index (χ1v) is 9.23. The molecule has 0 aliphatic carbocycles. The fourth-order valence-electron chi connectivity index (χ4n) is 2.93. The molecule has 0 spiro atoms. The number of rotatable bonds is 6. The number of nitrogens with one attached hydrogen (secondary N) is 3. The molecule has 1 aliphatic heterocycles. The van der Waals surface area contributed by atoms with Crippen LogP contribution in [0.1, 0.15) is 0 Å². The predicted octanol–water partition coefficient (Wildman–Crippen LogP) is 2.68. The number of para-hydroxylation sites is 1. The lowest BCUT2D eigenvalue weighted by molar-refractivity contribution is -0.384. The Morgan fingerprint density at radius 3 is 2.03 bits per heavy atom. The van der Waals surface area contributed by atoms with E-state index < -0.39 is 4.92 Å². The van der Waals surface area contributed by atoms with Crippen molar-refractivity contribution in [3.05, 3.63) is 64.7 Å². The number of nitro groups is 1. The zero-order valence-corrected chi connectivity index (χ0v) is 15.6. The topological polar surface area (TPSA) is 121 Å². The molecule has 4 rings (SSSR count). The number of non-ortho nitro benzene ring substituents is 1. The lowest BCUT2D eigenvalue weighted by atomic mass is 10.3. The van der Waals surface area contributed by atoms with E-state index in [1.54, 1.807) is 12.1 Å². The van der Waals surface area contributed by atoms with E-state index in [0.29, 0.717) is 23.5 Å². The SMILES string of the molecule is O=[N+]([O-])c1ccc(Nc2nc(Nc3ccccc3)nc(N3CCNCC3)n2)cc1. The van der Waals surface area contributed by atoms with Gasteiger partial charge in [0, 0.05) is 49.7 Å². The van der Waals surface area contributed by atoms with Gasteiger partial charge in [0.25, 0.3) is 5.69 Å². The summed E-state index contributed by atoms with van der Waals surface area (Å²) in [5, 5.41) is 20.5. The van der Waals surface area contributed by atoms with Crippen LogP contribution in [0, 0.1) is 10.1 Å². The summed E-state index contributed by atoms with van der Waals surface area (Å²) in [7, 11) is 0. The van der Waals surface area contributed by atoms with Crippen molar-refractivity contribution in [1.29, 1.82) is 0 Å². The zero-order chi connectivity index (χ0) is 20.1. The fraction of sp³-hybridized carbons (Fsp3) is 0.211. The summed E-state index contributed by atoms with van der Waals surface area (Å²) in [4.78, 5) is 26.1. The minimum atomic E-state index is -0.433. The molecule has 10 heteroatoms. The van der Waals surface area contributed by atoms with Gasteiger partial charge in [-0.1, -0.05) is 18.2 Å². The number of nitrogens with zero attached hydrogens (tertiary/aromatic N) is 5. The van der Waals surface area contributed by atoms with Crippen LogP contribution >= 0.6 is 0 Å². The number of nitro benzene ring substituents is 1. The normalized spacial score (nSPS) is 13.7. The van der Waals surface area contributed by atoms with Gasteiger partial charge in [0.15, 0.2) is 0 Å². The summed E-state index contributed by atoms with van der Waals surface area (Å²) in [5.74, 6) is 1.36. The van der Waals surface area contributed by atoms with Crippen molar-refractivity contribution in [2.45, 2.75) is 0 Å². The molecule has 148 valence electrons. The van der Waals surface area contributed by atoms with Gasteiger partial charge in [-0.2, -0.15) is 15.0 Å². The molecule has 0 bridgehead atoms. The standard InChI is InChI=1S/C19H20N8O2/c28-27(29)16-8-6-15(7-9-16)22-18-23-17(21-14-4-2-1-3-5-14)24-19(25-18)26-12-10-20-11-13-26/h1-9,20H,10-13H2,(H2,21,22,23,24,25). The van der Waals surface area contributed by atoms with Gasteiger partial charge in [0.05, 0.1) is 4.92 Å². The van der Waals surface area contributed by atoms with Crippen molar-refractivity contribution in [2.24, 2.45) is 0 Å². The second-order valence-corrected chi connectivity index (χ2v) is 6.44. The number of aromatic nitrogens is 3. The van der Waals surface area contributed by atoms with Gasteiger partial charge in [0.2, 0.25) is 17.8 Å². The van der Waals surface area contributed by atoms with Gasteiger partial charge in [-0.3, -0.25) is 10.1 Å². The zero-order valence-electron chi connectivity index (χ0n) is 15.6. The fourth-order valence-corrected chi connectivity index (χ4v) is 2.93. The van der Waals surface area contributed by atoms with E-state index in [1.165, 1.54) is 12.1 Å². The Morgan fingerprint density at radius 1 is 0.862 bits per heavy atom. The highest BCUT2D eigenvalue weighted by Crippen LogP contribution is 2.22. The second kappa shape index (κ2) is 8.48. The monoisotopic (exact) mass is 392 g/mol. The molecule has 0 radical (unpaired) electrons. The summed E-state index contributed by atoms with van der Waals surface area (Å²) in [6.07, 6.45) is 0. The first kappa shape index (κ1) is 18.6. The van der Waals surface area contributed by atoms with Crippen molar-refractivity contribution in [3.63, 3.8) is 0 Å². The van der Waals surface area contributed by atoms with Crippen molar-refractivity contribution in [1.82, 2.24) is 20.3 Å². The van der Waals surface area contributed by atoms with E-state index in [2.05, 4.69) is 35.8 Å². The molecule has 1 aromatic heterocycles. The van der Waals surface area contributed by atoms with Gasteiger partial charge in [-0.05, 0) is 24.3 Å². The van der Waals surface area contributed by atoms with E-state index in [9.17, 15) is 10.1 Å². The highest BCUT2D eigenvalue weighted by Gasteiger charge is 2.16. The van der Waals surface area contributed by atoms with Crippen LogP contribution in [-0.2, 0) is 0 Å². The molecule has 0 unspecified atom stereocenters. The van der Waals surface area contributed by atoms with E-state index in [-0.39, 0.29) is 5.69 Å². The third kappa shape index (κ3) is 4.74. The number of piperazine rings is 1. The Hall–Kier alpha value is -3.79. The van der Waals surface area contributed by atoms with E-state index in [4.69, 9.17) is 0 Å². The molecule has 0 atom stereocenters. The molecule has 3 aromatic rings. The number of hydrogen-bond acceptors (Lipinski definition) is 9. The minimum absolute atomic E-state index is 0.0270. The Balaban J connectivity index is 1.62. The Bertz CT molecular complexity index is 975. The number of hydrogen-bond donors (Lipinski definition) is 3. The van der Waals surface area contributed by atoms with Crippen molar-refractivity contribution in [2.75, 3.05) is 41.7 Å². The summed E-state index contributed by atoms with van der Waals surface area (Å²) in [5.41, 5.74) is 1.55. The second-order valence-electron chi connectivity index (χ2n) is 6.44. The molecule has 2 heterocycles. The predicted molar refractivity (Wildman–Crippen MR) is 111 cm³/mol. The highest BCUT2D eigenvalue weighted by atomic mass is 16.6. The molecule has 3 N–H and O–H groups in total. The van der Waals surface area contributed by atoms with Crippen LogP contribution in [0.4, 0.5) is 34.9 Å². The van der Waals surface area contributed by atoms with Crippen LogP contribution < -0.4 is 20.9 Å².